The molecule has 37 heavy (non-hydrogen) atoms. The summed E-state index contributed by atoms with van der Waals surface area (Å²) in [6.45, 7) is 0. The Balaban J connectivity index is 1.75. The first-order chi connectivity index (χ1) is 17.4. The van der Waals surface area contributed by atoms with Gasteiger partial charge in [0.05, 0.1) is 6.10 Å². The SMILES string of the molecule is O=C(/C=C/c1ccc(O)c(O)c1)O[C@@H]1[C@H](O)C[C@@](O)(C(=O)O)C[C@H]1OC(=O)/C=C/c1ccc([OH2+])c(O)c1. The molecule has 8 N–H and O–H groups in total. The highest BCUT2D eigenvalue weighted by Crippen LogP contribution is 2.33. The molecule has 12 nitrogen and oxygen atoms in total. The fraction of sp³-hybridized carbons (Fsp3) is 0.240. The second-order valence-electron chi connectivity index (χ2n) is 8.38. The van der Waals surface area contributed by atoms with Gasteiger partial charge in [-0.3, -0.25) is 0 Å². The van der Waals surface area contributed by atoms with Crippen molar-refractivity contribution in [3.63, 3.8) is 0 Å². The molecule has 0 saturated heterocycles. The number of hydrogen-bond acceptors (Lipinski definition) is 10. The van der Waals surface area contributed by atoms with Crippen molar-refractivity contribution in [2.75, 3.05) is 0 Å². The summed E-state index contributed by atoms with van der Waals surface area (Å²) in [5.74, 6) is -4.90. The monoisotopic (exact) mass is 517 g/mol. The summed E-state index contributed by atoms with van der Waals surface area (Å²) >= 11 is 0. The van der Waals surface area contributed by atoms with Gasteiger partial charge in [0.1, 0.15) is 6.10 Å². The predicted molar refractivity (Wildman–Crippen MR) is 127 cm³/mol. The standard InChI is InChI=1S/C25H24O12/c26-15-5-1-13(9-17(15)28)3-7-21(31)36-20-12-25(35,24(33)34)11-19(30)23(20)37-22(32)8-4-14-2-6-16(27)18(29)10-14/h1-10,19-20,23,26-30,35H,11-12H2,(H,33,34)/p+1/b7-3+,8-4+/t19-,20-,23-,25+/m1/s1. The number of phenolic OH excluding ortho intramolecular Hbond substituents is 3. The molecule has 0 bridgehead atoms. The molecular weight excluding hydrogens is 492 g/mol. The van der Waals surface area contributed by atoms with Crippen molar-refractivity contribution < 1.29 is 59.6 Å². The minimum absolute atomic E-state index is 0.121. The summed E-state index contributed by atoms with van der Waals surface area (Å²) in [7, 11) is 0. The third-order valence-electron chi connectivity index (χ3n) is 5.59. The maximum Gasteiger partial charge on any atom is 0.335 e. The molecule has 0 spiro atoms. The van der Waals surface area contributed by atoms with Gasteiger partial charge in [-0.1, -0.05) is 6.07 Å². The van der Waals surface area contributed by atoms with E-state index >= 15 is 0 Å². The van der Waals surface area contributed by atoms with E-state index in [0.29, 0.717) is 11.1 Å². The van der Waals surface area contributed by atoms with Crippen LogP contribution in [0.4, 0.5) is 0 Å². The average molecular weight is 517 g/mol. The lowest BCUT2D eigenvalue weighted by atomic mass is 9.79. The van der Waals surface area contributed by atoms with Crippen molar-refractivity contribution >= 4 is 30.1 Å². The first kappa shape index (κ1) is 27.0. The molecule has 12 heteroatoms. The van der Waals surface area contributed by atoms with Gasteiger partial charge in [-0.15, -0.1) is 0 Å². The third-order valence-corrected chi connectivity index (χ3v) is 5.59. The number of rotatable bonds is 7. The van der Waals surface area contributed by atoms with Crippen LogP contribution in [-0.4, -0.2) is 77.6 Å². The fourth-order valence-corrected chi connectivity index (χ4v) is 3.67. The molecule has 2 aromatic carbocycles. The number of hydrogen-bond donors (Lipinski definition) is 6. The van der Waals surface area contributed by atoms with Gasteiger partial charge < -0.3 is 45.2 Å². The number of benzene rings is 2. The Labute approximate surface area is 209 Å². The molecule has 0 unspecified atom stereocenters. The molecule has 3 rings (SSSR count). The number of phenols is 3. The number of ether oxygens (including phenoxy) is 2. The van der Waals surface area contributed by atoms with Crippen molar-refractivity contribution in [2.45, 2.75) is 36.8 Å². The normalized spacial score (nSPS) is 23.7. The Hall–Kier alpha value is -4.55. The van der Waals surface area contributed by atoms with Crippen LogP contribution in [0.5, 0.6) is 23.0 Å². The van der Waals surface area contributed by atoms with Crippen molar-refractivity contribution in [1.29, 1.82) is 0 Å². The first-order valence-electron chi connectivity index (χ1n) is 10.9. The van der Waals surface area contributed by atoms with Gasteiger partial charge in [0, 0.05) is 31.1 Å². The minimum atomic E-state index is -2.45. The van der Waals surface area contributed by atoms with Crippen molar-refractivity contribution in [2.24, 2.45) is 0 Å². The van der Waals surface area contributed by atoms with E-state index in [1.807, 2.05) is 0 Å². The van der Waals surface area contributed by atoms with Gasteiger partial charge in [0.2, 0.25) is 5.75 Å². The maximum absolute atomic E-state index is 12.4. The molecule has 0 amide bonds. The van der Waals surface area contributed by atoms with E-state index in [9.17, 15) is 45.0 Å². The van der Waals surface area contributed by atoms with Gasteiger partial charge in [-0.2, -0.15) is 0 Å². The van der Waals surface area contributed by atoms with Crippen LogP contribution in [-0.2, 0) is 23.9 Å². The number of carbonyl (C=O) groups is 3. The number of aliphatic carboxylic acids is 1. The number of carboxylic acid groups (broad SMARTS) is 1. The van der Waals surface area contributed by atoms with Crippen LogP contribution in [0.2, 0.25) is 0 Å². The Morgan fingerprint density at radius 2 is 1.43 bits per heavy atom. The number of aromatic hydroxyl groups is 3. The van der Waals surface area contributed by atoms with Crippen LogP contribution >= 0.6 is 0 Å². The van der Waals surface area contributed by atoms with Gasteiger partial charge in [-0.05, 0) is 47.5 Å². The second kappa shape index (κ2) is 11.0. The van der Waals surface area contributed by atoms with Gasteiger partial charge >= 0.3 is 17.9 Å². The van der Waals surface area contributed by atoms with Crippen LogP contribution in [0.25, 0.3) is 12.2 Å². The average Bonchev–Trinajstić information content (AvgIpc) is 2.82. The highest BCUT2D eigenvalue weighted by atomic mass is 16.6. The van der Waals surface area contributed by atoms with E-state index in [1.54, 1.807) is 0 Å². The van der Waals surface area contributed by atoms with Crippen molar-refractivity contribution in [1.82, 2.24) is 0 Å². The molecule has 4 atom stereocenters. The molecule has 1 aliphatic rings. The van der Waals surface area contributed by atoms with Gasteiger partial charge in [0.25, 0.3) is 5.75 Å². The summed E-state index contributed by atoms with van der Waals surface area (Å²) < 4.78 is 10.4. The largest absolute Gasteiger partial charge is 0.591 e. The van der Waals surface area contributed by atoms with E-state index < -0.39 is 60.4 Å². The number of aliphatic hydroxyl groups excluding tert-OH is 1. The zero-order valence-corrected chi connectivity index (χ0v) is 19.1. The van der Waals surface area contributed by atoms with E-state index in [-0.39, 0.29) is 17.2 Å². The lowest BCUT2D eigenvalue weighted by Gasteiger charge is -2.40. The molecular formula is C25H25O12+. The lowest BCUT2D eigenvalue weighted by molar-refractivity contribution is -0.204. The van der Waals surface area contributed by atoms with Crippen LogP contribution in [0, 0.1) is 0 Å². The molecule has 0 radical (unpaired) electrons. The molecule has 0 aliphatic heterocycles. The number of aliphatic hydroxyl groups is 2. The maximum atomic E-state index is 12.4. The van der Waals surface area contributed by atoms with E-state index in [4.69, 9.17) is 14.6 Å². The molecule has 1 aliphatic carbocycles. The number of carboxylic acids is 1. The van der Waals surface area contributed by atoms with E-state index in [2.05, 4.69) is 0 Å². The summed E-state index contributed by atoms with van der Waals surface area (Å²) in [6, 6.07) is 7.75. The lowest BCUT2D eigenvalue weighted by Crippen LogP contribution is -2.58. The van der Waals surface area contributed by atoms with E-state index in [1.165, 1.54) is 48.6 Å². The number of esters is 2. The Morgan fingerprint density at radius 3 is 2.00 bits per heavy atom. The molecule has 0 heterocycles. The first-order valence-corrected chi connectivity index (χ1v) is 10.9. The summed E-state index contributed by atoms with van der Waals surface area (Å²) in [5.41, 5.74) is -1.77. The molecule has 1 fully saturated rings. The molecule has 196 valence electrons. The van der Waals surface area contributed by atoms with Crippen molar-refractivity contribution in [3.8, 4) is 23.0 Å². The predicted octanol–water partition coefficient (Wildman–Crippen LogP) is 0.762. The van der Waals surface area contributed by atoms with Crippen LogP contribution < -0.4 is 0 Å². The van der Waals surface area contributed by atoms with Crippen LogP contribution in [0.1, 0.15) is 24.0 Å². The van der Waals surface area contributed by atoms with Crippen LogP contribution in [0.15, 0.2) is 48.6 Å². The highest BCUT2D eigenvalue weighted by molar-refractivity contribution is 5.88. The summed E-state index contributed by atoms with van der Waals surface area (Å²) in [4.78, 5) is 36.3. The Bertz CT molecular complexity index is 1250. The smallest absolute Gasteiger partial charge is 0.335 e. The zero-order chi connectivity index (χ0) is 27.3. The fourth-order valence-electron chi connectivity index (χ4n) is 3.67. The highest BCUT2D eigenvalue weighted by Gasteiger charge is 2.52. The van der Waals surface area contributed by atoms with Gasteiger partial charge in [-0.25, -0.2) is 14.4 Å². The quantitative estimate of drug-likeness (QED) is 0.130. The molecule has 0 aromatic heterocycles. The Kier molecular flexibility index (Phi) is 8.05. The van der Waals surface area contributed by atoms with Gasteiger partial charge in [0.15, 0.2) is 23.2 Å². The van der Waals surface area contributed by atoms with E-state index in [0.717, 1.165) is 12.2 Å². The second-order valence-corrected chi connectivity index (χ2v) is 8.38. The number of carbonyl (C=O) groups excluding carboxylic acids is 2. The zero-order valence-electron chi connectivity index (χ0n) is 19.1. The Morgan fingerprint density at radius 1 is 0.865 bits per heavy atom. The topological polar surface area (TPSA) is 214 Å². The van der Waals surface area contributed by atoms with Crippen molar-refractivity contribution in [3.05, 3.63) is 59.7 Å². The molecule has 2 aromatic rings. The third kappa shape index (κ3) is 6.78. The summed E-state index contributed by atoms with van der Waals surface area (Å²) in [5, 5.41) is 66.2. The minimum Gasteiger partial charge on any atom is -0.591 e. The summed E-state index contributed by atoms with van der Waals surface area (Å²) in [6.07, 6.45) is -1.76. The molecule has 1 saturated carbocycles. The van der Waals surface area contributed by atoms with Crippen LogP contribution in [0.3, 0.4) is 0 Å².